The molecule has 0 saturated heterocycles. The smallest absolute Gasteiger partial charge is 0.123 e. The second-order valence-electron chi connectivity index (χ2n) is 5.76. The van der Waals surface area contributed by atoms with Crippen LogP contribution in [-0.2, 0) is 17.8 Å². The van der Waals surface area contributed by atoms with Crippen LogP contribution in [0.15, 0.2) is 24.3 Å². The SMILES string of the molecule is COCCn1c(CNC(C)(C)C)nc2ccccc21. The fourth-order valence-electron chi connectivity index (χ4n) is 2.04. The van der Waals surface area contributed by atoms with E-state index in [4.69, 9.17) is 9.72 Å². The maximum absolute atomic E-state index is 5.20. The number of rotatable bonds is 5. The van der Waals surface area contributed by atoms with Crippen molar-refractivity contribution in [3.05, 3.63) is 30.1 Å². The number of benzene rings is 1. The molecule has 0 aliphatic heterocycles. The molecule has 0 amide bonds. The Morgan fingerprint density at radius 2 is 2.00 bits per heavy atom. The Labute approximate surface area is 114 Å². The molecular weight excluding hydrogens is 238 g/mol. The average Bonchev–Trinajstić information content (AvgIpc) is 2.71. The van der Waals surface area contributed by atoms with Gasteiger partial charge in [0.2, 0.25) is 0 Å². The summed E-state index contributed by atoms with van der Waals surface area (Å²) in [6.45, 7) is 8.78. The highest BCUT2D eigenvalue weighted by Crippen LogP contribution is 2.16. The second-order valence-corrected chi connectivity index (χ2v) is 5.76. The van der Waals surface area contributed by atoms with Crippen LogP contribution in [0, 0.1) is 0 Å². The summed E-state index contributed by atoms with van der Waals surface area (Å²) in [5.41, 5.74) is 2.30. The van der Waals surface area contributed by atoms with Gasteiger partial charge < -0.3 is 14.6 Å². The van der Waals surface area contributed by atoms with E-state index in [9.17, 15) is 0 Å². The third kappa shape index (κ3) is 3.55. The minimum absolute atomic E-state index is 0.0875. The van der Waals surface area contributed by atoms with Crippen LogP contribution in [0.2, 0.25) is 0 Å². The first-order valence-corrected chi connectivity index (χ1v) is 6.69. The Bertz CT molecular complexity index is 540. The predicted octanol–water partition coefficient (Wildman–Crippen LogP) is 2.57. The Balaban J connectivity index is 2.30. The zero-order valence-electron chi connectivity index (χ0n) is 12.2. The van der Waals surface area contributed by atoms with Crippen molar-refractivity contribution in [1.82, 2.24) is 14.9 Å². The molecule has 2 aromatic rings. The van der Waals surface area contributed by atoms with Gasteiger partial charge in [0.1, 0.15) is 5.82 Å². The van der Waals surface area contributed by atoms with Crippen LogP contribution < -0.4 is 5.32 Å². The van der Waals surface area contributed by atoms with Gasteiger partial charge in [0, 0.05) is 19.2 Å². The monoisotopic (exact) mass is 261 g/mol. The molecule has 1 heterocycles. The number of hydrogen-bond donors (Lipinski definition) is 1. The summed E-state index contributed by atoms with van der Waals surface area (Å²) < 4.78 is 7.43. The lowest BCUT2D eigenvalue weighted by Gasteiger charge is -2.20. The van der Waals surface area contributed by atoms with Crippen molar-refractivity contribution < 1.29 is 4.74 Å². The standard InChI is InChI=1S/C15H23N3O/c1-15(2,3)16-11-14-17-12-7-5-6-8-13(12)18(14)9-10-19-4/h5-8,16H,9-11H2,1-4H3. The lowest BCUT2D eigenvalue weighted by Crippen LogP contribution is -2.36. The van der Waals surface area contributed by atoms with E-state index in [0.717, 1.165) is 24.4 Å². The van der Waals surface area contributed by atoms with Crippen molar-refractivity contribution in [3.8, 4) is 0 Å². The van der Waals surface area contributed by atoms with Crippen LogP contribution in [0.4, 0.5) is 0 Å². The van der Waals surface area contributed by atoms with E-state index in [-0.39, 0.29) is 5.54 Å². The molecule has 0 bridgehead atoms. The molecule has 4 nitrogen and oxygen atoms in total. The van der Waals surface area contributed by atoms with Crippen LogP contribution >= 0.6 is 0 Å². The highest BCUT2D eigenvalue weighted by Gasteiger charge is 2.13. The molecule has 0 radical (unpaired) electrons. The molecule has 0 fully saturated rings. The molecule has 104 valence electrons. The minimum Gasteiger partial charge on any atom is -0.383 e. The summed E-state index contributed by atoms with van der Waals surface area (Å²) in [5.74, 6) is 1.06. The number of imidazole rings is 1. The van der Waals surface area contributed by atoms with Crippen LogP contribution in [0.1, 0.15) is 26.6 Å². The van der Waals surface area contributed by atoms with Gasteiger partial charge in [-0.05, 0) is 32.9 Å². The largest absolute Gasteiger partial charge is 0.383 e. The lowest BCUT2D eigenvalue weighted by molar-refractivity contribution is 0.187. The van der Waals surface area contributed by atoms with Crippen molar-refractivity contribution in [2.45, 2.75) is 39.4 Å². The van der Waals surface area contributed by atoms with E-state index in [1.54, 1.807) is 7.11 Å². The van der Waals surface area contributed by atoms with Gasteiger partial charge in [-0.25, -0.2) is 4.98 Å². The number of ether oxygens (including phenoxy) is 1. The number of methoxy groups -OCH3 is 1. The molecule has 0 unspecified atom stereocenters. The number of para-hydroxylation sites is 2. The Morgan fingerprint density at radius 1 is 1.26 bits per heavy atom. The summed E-state index contributed by atoms with van der Waals surface area (Å²) in [4.78, 5) is 4.71. The molecule has 2 rings (SSSR count). The molecule has 0 atom stereocenters. The van der Waals surface area contributed by atoms with Crippen molar-refractivity contribution in [1.29, 1.82) is 0 Å². The summed E-state index contributed by atoms with van der Waals surface area (Å²) >= 11 is 0. The number of nitrogens with one attached hydrogen (secondary N) is 1. The third-order valence-corrected chi connectivity index (χ3v) is 3.03. The summed E-state index contributed by atoms with van der Waals surface area (Å²) in [5, 5.41) is 3.49. The van der Waals surface area contributed by atoms with Crippen molar-refractivity contribution in [2.75, 3.05) is 13.7 Å². The average molecular weight is 261 g/mol. The zero-order chi connectivity index (χ0) is 13.9. The molecule has 1 aromatic heterocycles. The number of fused-ring (bicyclic) bond motifs is 1. The minimum atomic E-state index is 0.0875. The Kier molecular flexibility index (Phi) is 4.22. The first kappa shape index (κ1) is 14.0. The van der Waals surface area contributed by atoms with E-state index < -0.39 is 0 Å². The molecule has 0 aliphatic rings. The van der Waals surface area contributed by atoms with E-state index in [0.29, 0.717) is 6.61 Å². The normalized spacial score (nSPS) is 12.2. The Hall–Kier alpha value is -1.39. The van der Waals surface area contributed by atoms with Crippen molar-refractivity contribution >= 4 is 11.0 Å². The van der Waals surface area contributed by atoms with E-state index in [1.165, 1.54) is 5.52 Å². The molecule has 4 heteroatoms. The second kappa shape index (κ2) is 5.72. The quantitative estimate of drug-likeness (QED) is 0.899. The summed E-state index contributed by atoms with van der Waals surface area (Å²) in [6.07, 6.45) is 0. The summed E-state index contributed by atoms with van der Waals surface area (Å²) in [7, 11) is 1.73. The maximum atomic E-state index is 5.20. The zero-order valence-corrected chi connectivity index (χ0v) is 12.2. The molecule has 1 aromatic carbocycles. The number of aromatic nitrogens is 2. The maximum Gasteiger partial charge on any atom is 0.123 e. The Morgan fingerprint density at radius 3 is 2.68 bits per heavy atom. The van der Waals surface area contributed by atoms with E-state index in [2.05, 4.69) is 42.8 Å². The van der Waals surface area contributed by atoms with Gasteiger partial charge in [-0.2, -0.15) is 0 Å². The van der Waals surface area contributed by atoms with Gasteiger partial charge in [-0.15, -0.1) is 0 Å². The number of nitrogens with zero attached hydrogens (tertiary/aromatic N) is 2. The lowest BCUT2D eigenvalue weighted by atomic mass is 10.1. The van der Waals surface area contributed by atoms with Crippen LogP contribution in [0.3, 0.4) is 0 Å². The van der Waals surface area contributed by atoms with Crippen molar-refractivity contribution in [3.63, 3.8) is 0 Å². The van der Waals surface area contributed by atoms with Gasteiger partial charge in [-0.1, -0.05) is 12.1 Å². The molecule has 1 N–H and O–H groups in total. The van der Waals surface area contributed by atoms with E-state index in [1.807, 2.05) is 12.1 Å². The topological polar surface area (TPSA) is 39.1 Å². The third-order valence-electron chi connectivity index (χ3n) is 3.03. The highest BCUT2D eigenvalue weighted by molar-refractivity contribution is 5.75. The molecule has 19 heavy (non-hydrogen) atoms. The first-order chi connectivity index (χ1) is 9.01. The fourth-order valence-corrected chi connectivity index (χ4v) is 2.04. The van der Waals surface area contributed by atoms with Gasteiger partial charge in [0.05, 0.1) is 24.2 Å². The number of hydrogen-bond acceptors (Lipinski definition) is 3. The molecule has 0 saturated carbocycles. The van der Waals surface area contributed by atoms with Crippen LogP contribution in [-0.4, -0.2) is 28.8 Å². The summed E-state index contributed by atoms with van der Waals surface area (Å²) in [6, 6.07) is 8.24. The predicted molar refractivity (Wildman–Crippen MR) is 78.2 cm³/mol. The van der Waals surface area contributed by atoms with Gasteiger partial charge in [0.15, 0.2) is 0 Å². The fraction of sp³-hybridized carbons (Fsp3) is 0.533. The van der Waals surface area contributed by atoms with Crippen LogP contribution in [0.25, 0.3) is 11.0 Å². The van der Waals surface area contributed by atoms with Crippen LogP contribution in [0.5, 0.6) is 0 Å². The van der Waals surface area contributed by atoms with Gasteiger partial charge >= 0.3 is 0 Å². The molecular formula is C15H23N3O. The van der Waals surface area contributed by atoms with Crippen molar-refractivity contribution in [2.24, 2.45) is 0 Å². The van der Waals surface area contributed by atoms with Gasteiger partial charge in [0.25, 0.3) is 0 Å². The van der Waals surface area contributed by atoms with Gasteiger partial charge in [-0.3, -0.25) is 0 Å². The first-order valence-electron chi connectivity index (χ1n) is 6.69. The van der Waals surface area contributed by atoms with E-state index >= 15 is 0 Å². The molecule has 0 spiro atoms. The molecule has 0 aliphatic carbocycles. The highest BCUT2D eigenvalue weighted by atomic mass is 16.5.